The molecule has 0 atom stereocenters. The number of nitrogens with one attached hydrogen (secondary N) is 1. The van der Waals surface area contributed by atoms with E-state index in [1.54, 1.807) is 6.20 Å². The minimum Gasteiger partial charge on any atom is -0.330 e. The van der Waals surface area contributed by atoms with Gasteiger partial charge in [-0.15, -0.1) is 12.4 Å². The summed E-state index contributed by atoms with van der Waals surface area (Å²) in [7, 11) is 0. The van der Waals surface area contributed by atoms with Gasteiger partial charge in [0.25, 0.3) is 0 Å². The van der Waals surface area contributed by atoms with Crippen molar-refractivity contribution in [2.75, 3.05) is 11.9 Å². The molecule has 1 aromatic heterocycles. The van der Waals surface area contributed by atoms with Crippen LogP contribution in [0.1, 0.15) is 25.7 Å². The second-order valence-corrected chi connectivity index (χ2v) is 4.56. The lowest BCUT2D eigenvalue weighted by Crippen LogP contribution is -2.11. The number of nitrogens with zero attached hydrogens (tertiary/aromatic N) is 1. The van der Waals surface area contributed by atoms with Crippen LogP contribution in [0.4, 0.5) is 5.69 Å². The summed E-state index contributed by atoms with van der Waals surface area (Å²) in [6.07, 6.45) is 5.09. The number of rotatable bonds is 6. The van der Waals surface area contributed by atoms with E-state index in [1.165, 1.54) is 0 Å². The molecule has 2 rings (SSSR count). The van der Waals surface area contributed by atoms with Gasteiger partial charge in [0.05, 0.1) is 17.4 Å². The molecule has 0 bridgehead atoms. The molecular formula is C15H20ClN3O. The van der Waals surface area contributed by atoms with Gasteiger partial charge < -0.3 is 11.1 Å². The fourth-order valence-electron chi connectivity index (χ4n) is 1.97. The molecule has 0 fully saturated rings. The van der Waals surface area contributed by atoms with Crippen LogP contribution in [0.3, 0.4) is 0 Å². The Balaban J connectivity index is 0.00000200. The molecule has 2 aromatic rings. The van der Waals surface area contributed by atoms with Crippen molar-refractivity contribution in [2.45, 2.75) is 25.7 Å². The van der Waals surface area contributed by atoms with Crippen LogP contribution in [0.5, 0.6) is 0 Å². The Labute approximate surface area is 125 Å². The average molecular weight is 294 g/mol. The number of aromatic nitrogens is 1. The van der Waals surface area contributed by atoms with Gasteiger partial charge >= 0.3 is 0 Å². The lowest BCUT2D eigenvalue weighted by Gasteiger charge is -2.06. The van der Waals surface area contributed by atoms with Gasteiger partial charge in [0, 0.05) is 11.8 Å². The minimum absolute atomic E-state index is 0. The number of fused-ring (bicyclic) bond motifs is 1. The number of carbonyl (C=O) groups excluding carboxylic acids is 1. The van der Waals surface area contributed by atoms with Gasteiger partial charge in [0.2, 0.25) is 5.91 Å². The topological polar surface area (TPSA) is 68.0 Å². The summed E-state index contributed by atoms with van der Waals surface area (Å²) in [6.45, 7) is 0.691. The van der Waals surface area contributed by atoms with E-state index < -0.39 is 0 Å². The largest absolute Gasteiger partial charge is 0.330 e. The number of anilines is 1. The summed E-state index contributed by atoms with van der Waals surface area (Å²) in [5.74, 6) is 0.0362. The molecule has 1 heterocycles. The van der Waals surface area contributed by atoms with Gasteiger partial charge in [-0.2, -0.15) is 0 Å². The molecule has 3 N–H and O–H groups in total. The van der Waals surface area contributed by atoms with E-state index in [4.69, 9.17) is 5.73 Å². The van der Waals surface area contributed by atoms with Crippen molar-refractivity contribution in [3.63, 3.8) is 0 Å². The molecule has 0 spiro atoms. The molecule has 0 unspecified atom stereocenters. The highest BCUT2D eigenvalue weighted by Gasteiger charge is 2.03. The van der Waals surface area contributed by atoms with Crippen LogP contribution in [-0.2, 0) is 4.79 Å². The highest BCUT2D eigenvalue weighted by molar-refractivity contribution is 5.93. The van der Waals surface area contributed by atoms with Gasteiger partial charge in [-0.05, 0) is 31.5 Å². The van der Waals surface area contributed by atoms with Crippen LogP contribution in [0, 0.1) is 0 Å². The first-order chi connectivity index (χ1) is 9.29. The van der Waals surface area contributed by atoms with Crippen molar-refractivity contribution >= 4 is 34.9 Å². The molecule has 0 radical (unpaired) electrons. The molecule has 1 aromatic carbocycles. The molecule has 108 valence electrons. The van der Waals surface area contributed by atoms with Crippen molar-refractivity contribution in [3.8, 4) is 0 Å². The van der Waals surface area contributed by atoms with Crippen molar-refractivity contribution in [1.29, 1.82) is 0 Å². The lowest BCUT2D eigenvalue weighted by molar-refractivity contribution is -0.116. The predicted octanol–water partition coefficient (Wildman–Crippen LogP) is 3.11. The molecule has 0 aliphatic heterocycles. The Morgan fingerprint density at radius 3 is 2.80 bits per heavy atom. The van der Waals surface area contributed by atoms with Gasteiger partial charge in [0.15, 0.2) is 0 Å². The third-order valence-electron chi connectivity index (χ3n) is 2.98. The highest BCUT2D eigenvalue weighted by Crippen LogP contribution is 2.16. The fraction of sp³-hybridized carbons (Fsp3) is 0.333. The smallest absolute Gasteiger partial charge is 0.224 e. The maximum absolute atomic E-state index is 11.7. The van der Waals surface area contributed by atoms with E-state index in [1.807, 2.05) is 30.3 Å². The average Bonchev–Trinajstić information content (AvgIpc) is 2.43. The van der Waals surface area contributed by atoms with Crippen molar-refractivity contribution in [3.05, 3.63) is 36.5 Å². The van der Waals surface area contributed by atoms with Gasteiger partial charge in [0.1, 0.15) is 0 Å². The van der Waals surface area contributed by atoms with Gasteiger partial charge in [-0.1, -0.05) is 24.6 Å². The van der Waals surface area contributed by atoms with Crippen LogP contribution in [-0.4, -0.2) is 17.4 Å². The summed E-state index contributed by atoms with van der Waals surface area (Å²) in [5, 5.41) is 3.91. The van der Waals surface area contributed by atoms with E-state index in [9.17, 15) is 4.79 Å². The Morgan fingerprint density at radius 2 is 2.00 bits per heavy atom. The normalized spacial score (nSPS) is 10.1. The molecule has 0 aliphatic carbocycles. The zero-order valence-corrected chi connectivity index (χ0v) is 12.2. The highest BCUT2D eigenvalue weighted by atomic mass is 35.5. The van der Waals surface area contributed by atoms with Crippen LogP contribution >= 0.6 is 12.4 Å². The number of unbranched alkanes of at least 4 members (excludes halogenated alkanes) is 2. The van der Waals surface area contributed by atoms with Gasteiger partial charge in [-0.3, -0.25) is 9.78 Å². The number of amides is 1. The summed E-state index contributed by atoms with van der Waals surface area (Å²) >= 11 is 0. The summed E-state index contributed by atoms with van der Waals surface area (Å²) < 4.78 is 0. The van der Waals surface area contributed by atoms with Crippen molar-refractivity contribution < 1.29 is 4.79 Å². The second-order valence-electron chi connectivity index (χ2n) is 4.56. The maximum Gasteiger partial charge on any atom is 0.224 e. The third-order valence-corrected chi connectivity index (χ3v) is 2.98. The number of hydrogen-bond acceptors (Lipinski definition) is 3. The Kier molecular flexibility index (Phi) is 6.98. The molecule has 20 heavy (non-hydrogen) atoms. The monoisotopic (exact) mass is 293 g/mol. The molecule has 5 heteroatoms. The first kappa shape index (κ1) is 16.4. The molecule has 0 aliphatic rings. The Hall–Kier alpha value is -1.65. The zero-order valence-electron chi connectivity index (χ0n) is 11.3. The SMILES string of the molecule is Cl.NCCCCCC(=O)Nc1cnc2ccccc2c1. The number of carbonyl (C=O) groups is 1. The Bertz CT molecular complexity index is 560. The van der Waals surface area contributed by atoms with Crippen molar-refractivity contribution in [2.24, 2.45) is 5.73 Å². The molecular weight excluding hydrogens is 274 g/mol. The quantitative estimate of drug-likeness (QED) is 0.804. The van der Waals surface area contributed by atoms with Crippen molar-refractivity contribution in [1.82, 2.24) is 4.98 Å². The summed E-state index contributed by atoms with van der Waals surface area (Å²) in [6, 6.07) is 9.79. The summed E-state index contributed by atoms with van der Waals surface area (Å²) in [4.78, 5) is 16.1. The van der Waals surface area contributed by atoms with E-state index >= 15 is 0 Å². The van der Waals surface area contributed by atoms with E-state index in [-0.39, 0.29) is 18.3 Å². The third kappa shape index (κ3) is 4.79. The maximum atomic E-state index is 11.7. The zero-order chi connectivity index (χ0) is 13.5. The van der Waals surface area contributed by atoms with Crippen LogP contribution in [0.2, 0.25) is 0 Å². The van der Waals surface area contributed by atoms with Gasteiger partial charge in [-0.25, -0.2) is 0 Å². The number of benzene rings is 1. The fourth-order valence-corrected chi connectivity index (χ4v) is 1.97. The molecule has 4 nitrogen and oxygen atoms in total. The molecule has 0 saturated carbocycles. The minimum atomic E-state index is 0. The molecule has 1 amide bonds. The van der Waals surface area contributed by atoms with Crippen LogP contribution in [0.25, 0.3) is 10.9 Å². The number of halogens is 1. The van der Waals surface area contributed by atoms with E-state index in [0.717, 1.165) is 35.9 Å². The molecule has 0 saturated heterocycles. The number of nitrogens with two attached hydrogens (primary N) is 1. The first-order valence-electron chi connectivity index (χ1n) is 6.64. The second kappa shape index (κ2) is 8.51. The number of pyridine rings is 1. The lowest BCUT2D eigenvalue weighted by atomic mass is 10.2. The van der Waals surface area contributed by atoms with E-state index in [2.05, 4.69) is 10.3 Å². The predicted molar refractivity (Wildman–Crippen MR) is 85.1 cm³/mol. The van der Waals surface area contributed by atoms with Crippen LogP contribution < -0.4 is 11.1 Å². The van der Waals surface area contributed by atoms with Crippen LogP contribution in [0.15, 0.2) is 36.5 Å². The Morgan fingerprint density at radius 1 is 1.20 bits per heavy atom. The van der Waals surface area contributed by atoms with E-state index in [0.29, 0.717) is 13.0 Å². The first-order valence-corrected chi connectivity index (χ1v) is 6.64. The number of hydrogen-bond donors (Lipinski definition) is 2. The number of para-hydroxylation sites is 1. The summed E-state index contributed by atoms with van der Waals surface area (Å²) in [5.41, 5.74) is 7.10. The standard InChI is InChI=1S/C15H19N3O.ClH/c16-9-5-1-2-8-15(19)18-13-10-12-6-3-4-7-14(12)17-11-13;/h3-4,6-7,10-11H,1-2,5,8-9,16H2,(H,18,19);1H.